The zero-order chi connectivity index (χ0) is 18.2. The van der Waals surface area contributed by atoms with Gasteiger partial charge in [0.2, 0.25) is 0 Å². The Kier molecular flexibility index (Phi) is 7.41. The molecular formula is C19H22Cl2N2O2. The molecule has 0 saturated carbocycles. The van der Waals surface area contributed by atoms with Crippen LogP contribution in [0.2, 0.25) is 10.0 Å². The van der Waals surface area contributed by atoms with Crippen molar-refractivity contribution >= 4 is 35.1 Å². The van der Waals surface area contributed by atoms with Gasteiger partial charge in [0.05, 0.1) is 30.1 Å². The molecule has 0 spiro atoms. The molecule has 2 rings (SSSR count). The highest BCUT2D eigenvalue weighted by atomic mass is 35.5. The topological polar surface area (TPSA) is 42.8 Å². The molecule has 0 unspecified atom stereocenters. The van der Waals surface area contributed by atoms with E-state index in [0.717, 1.165) is 11.3 Å². The lowest BCUT2D eigenvalue weighted by molar-refractivity contribution is 0.248. The molecule has 0 atom stereocenters. The van der Waals surface area contributed by atoms with Crippen LogP contribution in [0.1, 0.15) is 26.3 Å². The molecule has 0 heterocycles. The second-order valence-electron chi connectivity index (χ2n) is 5.84. The van der Waals surface area contributed by atoms with E-state index in [0.29, 0.717) is 40.7 Å². The molecule has 0 aliphatic rings. The number of ether oxygens (including phenoxy) is 2. The Morgan fingerprint density at radius 1 is 1.12 bits per heavy atom. The van der Waals surface area contributed by atoms with Gasteiger partial charge in [0.1, 0.15) is 0 Å². The summed E-state index contributed by atoms with van der Waals surface area (Å²) in [4.78, 5) is 0. The number of halogens is 2. The van der Waals surface area contributed by atoms with Crippen molar-refractivity contribution in [2.24, 2.45) is 11.0 Å². The molecule has 25 heavy (non-hydrogen) atoms. The van der Waals surface area contributed by atoms with Crippen LogP contribution in [-0.4, -0.2) is 19.4 Å². The van der Waals surface area contributed by atoms with Crippen molar-refractivity contribution in [2.45, 2.75) is 20.8 Å². The Morgan fingerprint density at radius 2 is 1.84 bits per heavy atom. The average molecular weight is 381 g/mol. The number of benzene rings is 2. The SMILES string of the molecule is CCOc1cc(/C=N/Nc2ccc(Cl)cc2)cc(Cl)c1OCC(C)C. The quantitative estimate of drug-likeness (QED) is 0.459. The van der Waals surface area contributed by atoms with Gasteiger partial charge in [-0.05, 0) is 54.8 Å². The van der Waals surface area contributed by atoms with E-state index in [1.54, 1.807) is 24.4 Å². The zero-order valence-corrected chi connectivity index (χ0v) is 16.1. The molecular weight excluding hydrogens is 359 g/mol. The normalized spacial score (nSPS) is 11.1. The molecule has 0 saturated heterocycles. The number of hydrogen-bond donors (Lipinski definition) is 1. The maximum atomic E-state index is 6.37. The van der Waals surface area contributed by atoms with E-state index in [2.05, 4.69) is 24.4 Å². The number of anilines is 1. The first-order chi connectivity index (χ1) is 12.0. The van der Waals surface area contributed by atoms with Gasteiger partial charge in [0.15, 0.2) is 11.5 Å². The van der Waals surface area contributed by atoms with Crippen LogP contribution in [0.25, 0.3) is 0 Å². The van der Waals surface area contributed by atoms with Gasteiger partial charge in [-0.1, -0.05) is 37.0 Å². The highest BCUT2D eigenvalue weighted by molar-refractivity contribution is 6.32. The van der Waals surface area contributed by atoms with Crippen LogP contribution < -0.4 is 14.9 Å². The van der Waals surface area contributed by atoms with Crippen LogP contribution in [0.15, 0.2) is 41.5 Å². The van der Waals surface area contributed by atoms with Gasteiger partial charge in [-0.25, -0.2) is 0 Å². The van der Waals surface area contributed by atoms with Crippen LogP contribution in [-0.2, 0) is 0 Å². The van der Waals surface area contributed by atoms with Crippen LogP contribution >= 0.6 is 23.2 Å². The highest BCUT2D eigenvalue weighted by Gasteiger charge is 2.12. The van der Waals surface area contributed by atoms with E-state index in [-0.39, 0.29) is 0 Å². The fraction of sp³-hybridized carbons (Fsp3) is 0.316. The van der Waals surface area contributed by atoms with Crippen molar-refractivity contribution in [3.8, 4) is 11.5 Å². The molecule has 0 aliphatic heterocycles. The Bertz CT molecular complexity index is 716. The number of hydrogen-bond acceptors (Lipinski definition) is 4. The summed E-state index contributed by atoms with van der Waals surface area (Å²) in [5.74, 6) is 1.58. The second kappa shape index (κ2) is 9.54. The number of hydrazone groups is 1. The van der Waals surface area contributed by atoms with Crippen LogP contribution in [0.4, 0.5) is 5.69 Å². The molecule has 1 N–H and O–H groups in total. The molecule has 2 aromatic rings. The standard InChI is InChI=1S/C19H22Cl2N2O2/c1-4-24-18-10-14(9-17(21)19(18)25-12-13(2)3)11-22-23-16-7-5-15(20)6-8-16/h5-11,13,23H,4,12H2,1-3H3/b22-11+. The molecule has 0 fully saturated rings. The average Bonchev–Trinajstić information content (AvgIpc) is 2.56. The number of nitrogens with one attached hydrogen (secondary N) is 1. The number of nitrogens with zero attached hydrogens (tertiary/aromatic N) is 1. The summed E-state index contributed by atoms with van der Waals surface area (Å²) < 4.78 is 11.5. The van der Waals surface area contributed by atoms with Crippen LogP contribution in [0.5, 0.6) is 11.5 Å². The fourth-order valence-electron chi connectivity index (χ4n) is 2.02. The molecule has 6 heteroatoms. The van der Waals surface area contributed by atoms with E-state index in [1.807, 2.05) is 25.1 Å². The molecule has 0 amide bonds. The van der Waals surface area contributed by atoms with Gasteiger partial charge >= 0.3 is 0 Å². The first-order valence-electron chi connectivity index (χ1n) is 8.13. The Hall–Kier alpha value is -1.91. The van der Waals surface area contributed by atoms with E-state index < -0.39 is 0 Å². The minimum atomic E-state index is 0.398. The number of rotatable bonds is 8. The minimum absolute atomic E-state index is 0.398. The fourth-order valence-corrected chi connectivity index (χ4v) is 2.42. The second-order valence-corrected chi connectivity index (χ2v) is 6.69. The minimum Gasteiger partial charge on any atom is -0.490 e. The van der Waals surface area contributed by atoms with Gasteiger partial charge < -0.3 is 9.47 Å². The van der Waals surface area contributed by atoms with Crippen molar-refractivity contribution in [3.05, 3.63) is 52.0 Å². The first-order valence-corrected chi connectivity index (χ1v) is 8.89. The van der Waals surface area contributed by atoms with Crippen LogP contribution in [0, 0.1) is 5.92 Å². The highest BCUT2D eigenvalue weighted by Crippen LogP contribution is 2.36. The molecule has 0 aromatic heterocycles. The summed E-state index contributed by atoms with van der Waals surface area (Å²) in [6.07, 6.45) is 1.68. The van der Waals surface area contributed by atoms with Gasteiger partial charge in [0.25, 0.3) is 0 Å². The molecule has 0 bridgehead atoms. The predicted octanol–water partition coefficient (Wildman–Crippen LogP) is 5.87. The van der Waals surface area contributed by atoms with E-state index in [4.69, 9.17) is 32.7 Å². The predicted molar refractivity (Wildman–Crippen MR) is 106 cm³/mol. The molecule has 0 radical (unpaired) electrons. The van der Waals surface area contributed by atoms with Crippen molar-refractivity contribution < 1.29 is 9.47 Å². The lowest BCUT2D eigenvalue weighted by Crippen LogP contribution is -2.07. The van der Waals surface area contributed by atoms with Crippen molar-refractivity contribution in [2.75, 3.05) is 18.6 Å². The molecule has 134 valence electrons. The van der Waals surface area contributed by atoms with Gasteiger partial charge in [0, 0.05) is 5.02 Å². The molecule has 0 aliphatic carbocycles. The van der Waals surface area contributed by atoms with Gasteiger partial charge in [-0.3, -0.25) is 5.43 Å². The maximum absolute atomic E-state index is 6.37. The van der Waals surface area contributed by atoms with Crippen molar-refractivity contribution in [1.82, 2.24) is 0 Å². The van der Waals surface area contributed by atoms with Gasteiger partial charge in [-0.15, -0.1) is 0 Å². The summed E-state index contributed by atoms with van der Waals surface area (Å²) in [5.41, 5.74) is 4.59. The Morgan fingerprint density at radius 3 is 2.48 bits per heavy atom. The zero-order valence-electron chi connectivity index (χ0n) is 14.6. The van der Waals surface area contributed by atoms with E-state index >= 15 is 0 Å². The monoisotopic (exact) mass is 380 g/mol. The molecule has 2 aromatic carbocycles. The van der Waals surface area contributed by atoms with E-state index in [9.17, 15) is 0 Å². The van der Waals surface area contributed by atoms with Crippen LogP contribution in [0.3, 0.4) is 0 Å². The summed E-state index contributed by atoms with van der Waals surface area (Å²) in [6.45, 7) is 7.18. The smallest absolute Gasteiger partial charge is 0.179 e. The summed E-state index contributed by atoms with van der Waals surface area (Å²) >= 11 is 12.2. The Labute approximate surface area is 158 Å². The van der Waals surface area contributed by atoms with Gasteiger partial charge in [-0.2, -0.15) is 5.10 Å². The van der Waals surface area contributed by atoms with E-state index in [1.165, 1.54) is 0 Å². The largest absolute Gasteiger partial charge is 0.490 e. The Balaban J connectivity index is 2.14. The third-order valence-corrected chi connectivity index (χ3v) is 3.68. The lowest BCUT2D eigenvalue weighted by atomic mass is 10.2. The molecule has 4 nitrogen and oxygen atoms in total. The maximum Gasteiger partial charge on any atom is 0.179 e. The van der Waals surface area contributed by atoms with Crippen molar-refractivity contribution in [3.63, 3.8) is 0 Å². The van der Waals surface area contributed by atoms with Crippen molar-refractivity contribution in [1.29, 1.82) is 0 Å². The third kappa shape index (κ3) is 6.15. The summed E-state index contributed by atoms with van der Waals surface area (Å²) in [7, 11) is 0. The third-order valence-electron chi connectivity index (χ3n) is 3.14. The summed E-state index contributed by atoms with van der Waals surface area (Å²) in [5, 5.41) is 5.39. The first kappa shape index (κ1) is 19.4. The lowest BCUT2D eigenvalue weighted by Gasteiger charge is -2.15. The summed E-state index contributed by atoms with van der Waals surface area (Å²) in [6, 6.07) is 10.9.